The van der Waals surface area contributed by atoms with Crippen molar-refractivity contribution in [3.8, 4) is 11.5 Å². The molecule has 27 heavy (non-hydrogen) atoms. The average Bonchev–Trinajstić information content (AvgIpc) is 3.02. The molecule has 1 aliphatic heterocycles. The van der Waals surface area contributed by atoms with Crippen LogP contribution in [-0.4, -0.2) is 38.7 Å². The second-order valence-corrected chi connectivity index (χ2v) is 6.05. The number of urea groups is 1. The molecule has 0 bridgehead atoms. The summed E-state index contributed by atoms with van der Waals surface area (Å²) < 4.78 is 23.7. The van der Waals surface area contributed by atoms with Gasteiger partial charge in [-0.1, -0.05) is 6.07 Å². The van der Waals surface area contributed by atoms with Crippen molar-refractivity contribution in [3.05, 3.63) is 48.3 Å². The van der Waals surface area contributed by atoms with Crippen molar-refractivity contribution in [1.29, 1.82) is 0 Å². The van der Waals surface area contributed by atoms with E-state index in [9.17, 15) is 14.0 Å². The molecule has 1 atom stereocenters. The summed E-state index contributed by atoms with van der Waals surface area (Å²) in [5.41, 5.74) is 0.948. The highest BCUT2D eigenvalue weighted by Crippen LogP contribution is 2.29. The fourth-order valence-electron chi connectivity index (χ4n) is 2.94. The molecule has 1 saturated heterocycles. The molecule has 3 amide bonds. The molecule has 8 heteroatoms. The largest absolute Gasteiger partial charge is 0.497 e. The van der Waals surface area contributed by atoms with E-state index in [0.717, 1.165) is 0 Å². The summed E-state index contributed by atoms with van der Waals surface area (Å²) in [6, 6.07) is 9.98. The van der Waals surface area contributed by atoms with E-state index in [1.54, 1.807) is 30.3 Å². The van der Waals surface area contributed by atoms with Crippen molar-refractivity contribution in [3.63, 3.8) is 0 Å². The highest BCUT2D eigenvalue weighted by Gasteiger charge is 2.31. The summed E-state index contributed by atoms with van der Waals surface area (Å²) in [5, 5.41) is 5.46. The van der Waals surface area contributed by atoms with E-state index < -0.39 is 11.8 Å². The van der Waals surface area contributed by atoms with Crippen LogP contribution in [-0.2, 0) is 4.79 Å². The van der Waals surface area contributed by atoms with Gasteiger partial charge < -0.3 is 25.0 Å². The number of hydrogen-bond donors (Lipinski definition) is 2. The molecule has 0 aliphatic carbocycles. The second kappa shape index (κ2) is 7.94. The molecular formula is C19H20FN3O4. The van der Waals surface area contributed by atoms with Gasteiger partial charge in [0.05, 0.1) is 25.9 Å². The van der Waals surface area contributed by atoms with E-state index in [2.05, 4.69) is 10.6 Å². The summed E-state index contributed by atoms with van der Waals surface area (Å²) in [6.45, 7) is 0.273. The predicted molar refractivity (Wildman–Crippen MR) is 98.9 cm³/mol. The minimum Gasteiger partial charge on any atom is -0.497 e. The van der Waals surface area contributed by atoms with Crippen LogP contribution in [0.2, 0.25) is 0 Å². The van der Waals surface area contributed by atoms with Crippen LogP contribution in [0.3, 0.4) is 0 Å². The van der Waals surface area contributed by atoms with Crippen molar-refractivity contribution in [1.82, 2.24) is 5.32 Å². The van der Waals surface area contributed by atoms with Crippen molar-refractivity contribution in [2.45, 2.75) is 12.5 Å². The van der Waals surface area contributed by atoms with Crippen LogP contribution in [0.15, 0.2) is 42.5 Å². The number of carbonyl (C=O) groups excluding carboxylic acids is 2. The normalized spacial score (nSPS) is 16.2. The van der Waals surface area contributed by atoms with Gasteiger partial charge >= 0.3 is 6.03 Å². The van der Waals surface area contributed by atoms with Gasteiger partial charge in [0.2, 0.25) is 5.91 Å². The maximum atomic E-state index is 13.4. The van der Waals surface area contributed by atoms with Crippen molar-refractivity contribution >= 4 is 23.3 Å². The molecule has 0 saturated carbocycles. The van der Waals surface area contributed by atoms with E-state index in [4.69, 9.17) is 9.47 Å². The number of anilines is 2. The summed E-state index contributed by atoms with van der Waals surface area (Å²) >= 11 is 0. The van der Waals surface area contributed by atoms with Crippen molar-refractivity contribution in [2.24, 2.45) is 0 Å². The lowest BCUT2D eigenvalue weighted by atomic mass is 10.2. The van der Waals surface area contributed by atoms with Crippen LogP contribution in [0.4, 0.5) is 20.6 Å². The van der Waals surface area contributed by atoms with Gasteiger partial charge in [-0.05, 0) is 30.3 Å². The number of nitrogens with one attached hydrogen (secondary N) is 2. The Balaban J connectivity index is 1.63. The smallest absolute Gasteiger partial charge is 0.319 e. The Morgan fingerprint density at radius 3 is 2.70 bits per heavy atom. The van der Waals surface area contributed by atoms with Gasteiger partial charge in [0.25, 0.3) is 0 Å². The fourth-order valence-corrected chi connectivity index (χ4v) is 2.94. The molecule has 0 unspecified atom stereocenters. The molecule has 142 valence electrons. The SMILES string of the molecule is COc1ccc(NC(=O)N[C@@H]2CC(=O)N(c3cccc(F)c3)C2)c(OC)c1. The van der Waals surface area contributed by atoms with Crippen LogP contribution in [0.5, 0.6) is 11.5 Å². The number of amides is 3. The van der Waals surface area contributed by atoms with Gasteiger partial charge in [-0.15, -0.1) is 0 Å². The zero-order chi connectivity index (χ0) is 19.4. The van der Waals surface area contributed by atoms with Crippen molar-refractivity contribution < 1.29 is 23.5 Å². The van der Waals surface area contributed by atoms with Crippen LogP contribution < -0.4 is 25.0 Å². The third-order valence-corrected chi connectivity index (χ3v) is 4.24. The van der Waals surface area contributed by atoms with Crippen LogP contribution in [0.25, 0.3) is 0 Å². The Bertz CT molecular complexity index is 859. The van der Waals surface area contributed by atoms with Gasteiger partial charge in [0.1, 0.15) is 17.3 Å². The second-order valence-electron chi connectivity index (χ2n) is 6.05. The van der Waals surface area contributed by atoms with Crippen LogP contribution in [0.1, 0.15) is 6.42 Å². The van der Waals surface area contributed by atoms with Crippen molar-refractivity contribution in [2.75, 3.05) is 31.0 Å². The first-order chi connectivity index (χ1) is 13.0. The Morgan fingerprint density at radius 2 is 2.00 bits per heavy atom. The molecule has 3 rings (SSSR count). The Hall–Kier alpha value is -3.29. The lowest BCUT2D eigenvalue weighted by Gasteiger charge is -2.18. The van der Waals surface area contributed by atoms with Gasteiger partial charge in [0.15, 0.2) is 0 Å². The number of hydrogen-bond acceptors (Lipinski definition) is 4. The summed E-state index contributed by atoms with van der Waals surface area (Å²) in [7, 11) is 3.03. The molecular weight excluding hydrogens is 353 g/mol. The monoisotopic (exact) mass is 373 g/mol. The quantitative estimate of drug-likeness (QED) is 0.845. The molecule has 0 aromatic heterocycles. The Morgan fingerprint density at radius 1 is 1.19 bits per heavy atom. The molecule has 0 spiro atoms. The number of carbonyl (C=O) groups is 2. The van der Waals surface area contributed by atoms with E-state index in [-0.39, 0.29) is 24.9 Å². The van der Waals surface area contributed by atoms with E-state index in [1.807, 2.05) is 0 Å². The zero-order valence-corrected chi connectivity index (χ0v) is 15.0. The third kappa shape index (κ3) is 4.28. The van der Waals surface area contributed by atoms with Gasteiger partial charge in [0, 0.05) is 24.7 Å². The van der Waals surface area contributed by atoms with Gasteiger partial charge in [-0.2, -0.15) is 0 Å². The zero-order valence-electron chi connectivity index (χ0n) is 15.0. The minimum atomic E-state index is -0.461. The molecule has 0 radical (unpaired) electrons. The van der Waals surface area contributed by atoms with E-state index >= 15 is 0 Å². The average molecular weight is 373 g/mol. The maximum absolute atomic E-state index is 13.4. The number of benzene rings is 2. The fraction of sp³-hybridized carbons (Fsp3) is 0.263. The summed E-state index contributed by atoms with van der Waals surface area (Å²) in [4.78, 5) is 26.0. The molecule has 2 aromatic rings. The lowest BCUT2D eigenvalue weighted by Crippen LogP contribution is -2.39. The van der Waals surface area contributed by atoms with E-state index in [1.165, 1.54) is 31.3 Å². The van der Waals surface area contributed by atoms with E-state index in [0.29, 0.717) is 22.9 Å². The number of methoxy groups -OCH3 is 2. The first-order valence-corrected chi connectivity index (χ1v) is 8.35. The van der Waals surface area contributed by atoms with Crippen LogP contribution in [0, 0.1) is 5.82 Å². The third-order valence-electron chi connectivity index (χ3n) is 4.24. The molecule has 1 aliphatic rings. The lowest BCUT2D eigenvalue weighted by molar-refractivity contribution is -0.117. The number of ether oxygens (including phenoxy) is 2. The number of halogens is 1. The minimum absolute atomic E-state index is 0.143. The Labute approximate surface area is 156 Å². The highest BCUT2D eigenvalue weighted by molar-refractivity contribution is 5.98. The maximum Gasteiger partial charge on any atom is 0.319 e. The number of rotatable bonds is 5. The van der Waals surface area contributed by atoms with Gasteiger partial charge in [-0.25, -0.2) is 9.18 Å². The molecule has 1 heterocycles. The molecule has 1 fully saturated rings. The topological polar surface area (TPSA) is 79.9 Å². The van der Waals surface area contributed by atoms with Crippen LogP contribution >= 0.6 is 0 Å². The Kier molecular flexibility index (Phi) is 5.44. The highest BCUT2D eigenvalue weighted by atomic mass is 19.1. The summed E-state index contributed by atoms with van der Waals surface area (Å²) in [6.07, 6.45) is 0.143. The first kappa shape index (κ1) is 18.5. The number of nitrogens with zero attached hydrogens (tertiary/aromatic N) is 1. The summed E-state index contributed by atoms with van der Waals surface area (Å²) in [5.74, 6) is 0.465. The molecule has 2 N–H and O–H groups in total. The van der Waals surface area contributed by atoms with Gasteiger partial charge in [-0.3, -0.25) is 4.79 Å². The molecule has 2 aromatic carbocycles. The molecule has 7 nitrogen and oxygen atoms in total. The predicted octanol–water partition coefficient (Wildman–Crippen LogP) is 2.77. The first-order valence-electron chi connectivity index (χ1n) is 8.35. The standard InChI is InChI=1S/C19H20FN3O4/c1-26-15-6-7-16(17(10-15)27-2)22-19(25)21-13-9-18(24)23(11-13)14-5-3-4-12(20)8-14/h3-8,10,13H,9,11H2,1-2H3,(H2,21,22,25)/t13-/m1/s1.